The normalized spacial score (nSPS) is 2.00. The first-order valence-corrected chi connectivity index (χ1v) is 2.78. The van der Waals surface area contributed by atoms with Crippen LogP contribution in [-0.2, 0) is 18.1 Å². The van der Waals surface area contributed by atoms with E-state index < -0.39 is 18.1 Å². The Hall–Kier alpha value is 0.403. The van der Waals surface area contributed by atoms with E-state index >= 15 is 0 Å². The summed E-state index contributed by atoms with van der Waals surface area (Å²) in [5, 5.41) is 0. The molecule has 0 heterocycles. The first-order chi connectivity index (χ1) is 1.41. The Morgan fingerprint density at radius 1 is 1.00 bits per heavy atom. The van der Waals surface area contributed by atoms with Crippen LogP contribution in [0.5, 0.6) is 0 Å². The molecule has 0 unspecified atom stereocenters. The van der Waals surface area contributed by atoms with Crippen LogP contribution in [-0.4, -0.2) is 11.0 Å². The Morgan fingerprint density at radius 2 is 1.00 bits per heavy atom. The minimum atomic E-state index is -2.88. The number of halogens is 2. The van der Waals surface area contributed by atoms with Gasteiger partial charge in [-0.05, 0) is 0 Å². The second-order valence-electron chi connectivity index (χ2n) is 0.101. The van der Waals surface area contributed by atoms with Crippen molar-refractivity contribution in [3.8, 4) is 0 Å². The summed E-state index contributed by atoms with van der Waals surface area (Å²) in [6, 6.07) is 0. The van der Waals surface area contributed by atoms with Gasteiger partial charge in [0.15, 0.2) is 0 Å². The summed E-state index contributed by atoms with van der Waals surface area (Å²) in [4.78, 5) is 0. The number of hydrogen-bond donors (Lipinski definition) is 0. The van der Waals surface area contributed by atoms with Crippen molar-refractivity contribution in [2.75, 3.05) is 0 Å². The summed E-state index contributed by atoms with van der Waals surface area (Å²) < 4.78 is 19.6. The van der Waals surface area contributed by atoms with E-state index in [2.05, 4.69) is 0 Å². The van der Waals surface area contributed by atoms with Crippen LogP contribution in [0.15, 0.2) is 0 Å². The molecule has 0 aliphatic rings. The van der Waals surface area contributed by atoms with Gasteiger partial charge in [-0.25, -0.2) is 0 Å². The molecule has 2 nitrogen and oxygen atoms in total. The summed E-state index contributed by atoms with van der Waals surface area (Å²) in [5.74, 6) is 0. The van der Waals surface area contributed by atoms with E-state index in [0.29, 0.717) is 0 Å². The Bertz CT molecular complexity index is 7.61. The Morgan fingerprint density at radius 3 is 1.00 bits per heavy atom. The average Bonchev–Trinajstić information content (AvgIpc) is 0.918. The van der Waals surface area contributed by atoms with Crippen molar-refractivity contribution in [3.63, 3.8) is 0 Å². The zero-order chi connectivity index (χ0) is 2.71. The van der Waals surface area contributed by atoms with Crippen LogP contribution in [0.2, 0.25) is 0 Å². The first-order valence-electron chi connectivity index (χ1n) is 0.535. The summed E-state index contributed by atoms with van der Waals surface area (Å²) in [6.45, 7) is 0. The molecule has 0 spiro atoms. The van der Waals surface area contributed by atoms with Crippen molar-refractivity contribution < 1.29 is 35.7 Å². The van der Waals surface area contributed by atoms with E-state index in [4.69, 9.17) is 0 Å². The predicted molar refractivity (Wildman–Crippen MR) is 9.44 cm³/mol. The van der Waals surface area contributed by atoms with E-state index in [-0.39, 0.29) is 11.0 Å². The second kappa shape index (κ2) is 25.9. The SMILES string of the molecule is O.O.[F][Zn][F]. The van der Waals surface area contributed by atoms with Gasteiger partial charge in [0.05, 0.1) is 0 Å². The van der Waals surface area contributed by atoms with Gasteiger partial charge in [-0.2, -0.15) is 0 Å². The fourth-order valence-corrected chi connectivity index (χ4v) is 0. The minimum absolute atomic E-state index is 0. The molecule has 32 valence electrons. The van der Waals surface area contributed by atoms with Gasteiger partial charge in [-0.3, -0.25) is 0 Å². The van der Waals surface area contributed by atoms with Crippen molar-refractivity contribution in [2.45, 2.75) is 0 Å². The molecule has 0 bridgehead atoms. The zero-order valence-corrected chi connectivity index (χ0v) is 5.43. The predicted octanol–water partition coefficient (Wildman–Crippen LogP) is -0.811. The standard InChI is InChI=1S/2FH.2H2O.Zn/h2*1H;2*1H2;/q;;;;+2/p-2. The van der Waals surface area contributed by atoms with Crippen LogP contribution < -0.4 is 0 Å². The third kappa shape index (κ3) is 156. The molecular formula is H4F2O2Zn. The van der Waals surface area contributed by atoms with Crippen molar-refractivity contribution in [1.29, 1.82) is 0 Å². The van der Waals surface area contributed by atoms with Crippen molar-refractivity contribution >= 4 is 0 Å². The van der Waals surface area contributed by atoms with Gasteiger partial charge in [0.1, 0.15) is 0 Å². The summed E-state index contributed by atoms with van der Waals surface area (Å²) in [5.41, 5.74) is 0. The van der Waals surface area contributed by atoms with Gasteiger partial charge in [0, 0.05) is 0 Å². The fourth-order valence-electron chi connectivity index (χ4n) is 0. The molecule has 0 aliphatic heterocycles. The first kappa shape index (κ1) is 18.1. The number of hydrogen-bond acceptors (Lipinski definition) is 0. The molecule has 5 heavy (non-hydrogen) atoms. The van der Waals surface area contributed by atoms with Crippen molar-refractivity contribution in [1.82, 2.24) is 0 Å². The second-order valence-corrected chi connectivity index (χ2v) is 0.525. The summed E-state index contributed by atoms with van der Waals surface area (Å²) in [6.07, 6.45) is 0. The fraction of sp³-hybridized carbons (Fsp3) is 0. The van der Waals surface area contributed by atoms with E-state index in [9.17, 15) is 6.63 Å². The molecule has 0 aromatic heterocycles. The quantitative estimate of drug-likeness (QED) is 0.394. The molecule has 0 fully saturated rings. The van der Waals surface area contributed by atoms with Gasteiger partial charge in [0.25, 0.3) is 0 Å². The summed E-state index contributed by atoms with van der Waals surface area (Å²) >= 11 is -2.88. The van der Waals surface area contributed by atoms with Gasteiger partial charge < -0.3 is 11.0 Å². The van der Waals surface area contributed by atoms with E-state index in [0.717, 1.165) is 0 Å². The van der Waals surface area contributed by atoms with Gasteiger partial charge >= 0.3 is 24.8 Å². The van der Waals surface area contributed by atoms with E-state index in [1.807, 2.05) is 0 Å². The topological polar surface area (TPSA) is 63.0 Å². The maximum absolute atomic E-state index is 9.81. The van der Waals surface area contributed by atoms with Crippen LogP contribution >= 0.6 is 0 Å². The molecule has 0 aromatic carbocycles. The average molecular weight is 139 g/mol. The van der Waals surface area contributed by atoms with E-state index in [1.165, 1.54) is 0 Å². The molecule has 0 saturated heterocycles. The molecule has 4 N–H and O–H groups in total. The molecule has 0 saturated carbocycles. The molecule has 0 radical (unpaired) electrons. The Balaban J connectivity index is -0.0000000200. The molecule has 0 aromatic rings. The molecule has 0 rings (SSSR count). The molecular weight excluding hydrogens is 135 g/mol. The molecule has 5 heteroatoms. The van der Waals surface area contributed by atoms with E-state index in [1.54, 1.807) is 0 Å². The van der Waals surface area contributed by atoms with Crippen LogP contribution in [0.1, 0.15) is 0 Å². The monoisotopic (exact) mass is 138 g/mol. The van der Waals surface area contributed by atoms with Crippen LogP contribution in [0.3, 0.4) is 0 Å². The van der Waals surface area contributed by atoms with Crippen molar-refractivity contribution in [2.24, 2.45) is 0 Å². The van der Waals surface area contributed by atoms with Gasteiger partial charge in [-0.1, -0.05) is 0 Å². The summed E-state index contributed by atoms with van der Waals surface area (Å²) in [7, 11) is 0. The van der Waals surface area contributed by atoms with Crippen LogP contribution in [0.25, 0.3) is 0 Å². The van der Waals surface area contributed by atoms with Crippen molar-refractivity contribution in [3.05, 3.63) is 0 Å². The Labute approximate surface area is 36.5 Å². The molecule has 0 atom stereocenters. The third-order valence-electron chi connectivity index (χ3n) is 0. The zero-order valence-electron chi connectivity index (χ0n) is 2.46. The van der Waals surface area contributed by atoms with Gasteiger partial charge in [0.2, 0.25) is 0 Å². The number of rotatable bonds is 0. The molecule has 0 aliphatic carbocycles. The maximum atomic E-state index is 9.81. The molecule has 0 amide bonds. The van der Waals surface area contributed by atoms with Crippen LogP contribution in [0.4, 0.5) is 6.63 Å². The third-order valence-corrected chi connectivity index (χ3v) is 0. The Kier molecular flexibility index (Phi) is 93.9. The van der Waals surface area contributed by atoms with Gasteiger partial charge in [-0.15, -0.1) is 0 Å². The van der Waals surface area contributed by atoms with Crippen LogP contribution in [0, 0.1) is 0 Å².